The first-order valence-electron chi connectivity index (χ1n) is 7.38. The molecule has 0 spiro atoms. The van der Waals surface area contributed by atoms with Crippen LogP contribution in [0.2, 0.25) is 10.0 Å². The Kier molecular flexibility index (Phi) is 4.70. The van der Waals surface area contributed by atoms with Crippen LogP contribution in [-0.4, -0.2) is 27.7 Å². The van der Waals surface area contributed by atoms with E-state index in [-0.39, 0.29) is 10.6 Å². The molecule has 7 heteroatoms. The number of carbonyl (C=O) groups is 2. The third kappa shape index (κ3) is 3.34. The summed E-state index contributed by atoms with van der Waals surface area (Å²) in [5.41, 5.74) is 0.559. The summed E-state index contributed by atoms with van der Waals surface area (Å²) >= 11 is 11.9. The van der Waals surface area contributed by atoms with Crippen LogP contribution in [-0.2, 0) is 0 Å². The summed E-state index contributed by atoms with van der Waals surface area (Å²) in [6.45, 7) is 1.57. The van der Waals surface area contributed by atoms with Crippen molar-refractivity contribution in [2.75, 3.05) is 0 Å². The lowest BCUT2D eigenvalue weighted by molar-refractivity contribution is 0.0698. The summed E-state index contributed by atoms with van der Waals surface area (Å²) in [6.07, 6.45) is 0.426. The average molecular weight is 378 g/mol. The fraction of sp³-hybridized carbons (Fsp3) is 0.111. The number of para-hydroxylation sites is 1. The minimum atomic E-state index is -1.10. The number of halogens is 2. The summed E-state index contributed by atoms with van der Waals surface area (Å²) in [7, 11) is 0. The summed E-state index contributed by atoms with van der Waals surface area (Å²) < 4.78 is 6.91. The summed E-state index contributed by atoms with van der Waals surface area (Å²) in [5.74, 6) is -1.19. The van der Waals surface area contributed by atoms with Gasteiger partial charge in [0.15, 0.2) is 6.10 Å². The average Bonchev–Trinajstić information content (AvgIpc) is 2.96. The minimum Gasteiger partial charge on any atom is -0.479 e. The van der Waals surface area contributed by atoms with Crippen molar-refractivity contribution in [2.45, 2.75) is 13.0 Å². The standard InChI is InChI=1S/C18H13Cl2NO4/c1-10(25-16-7-6-11(19)8-14(16)20)17(22)21-9-13(18(23)24)12-4-2-3-5-15(12)21/h2-10H,1H3,(H,23,24). The molecule has 0 aliphatic heterocycles. The van der Waals surface area contributed by atoms with Crippen LogP contribution in [0.4, 0.5) is 0 Å². The fourth-order valence-corrected chi connectivity index (χ4v) is 2.99. The molecule has 128 valence electrons. The topological polar surface area (TPSA) is 68.5 Å². The van der Waals surface area contributed by atoms with Crippen LogP contribution < -0.4 is 4.74 Å². The molecule has 25 heavy (non-hydrogen) atoms. The number of carboxylic acids is 1. The van der Waals surface area contributed by atoms with Gasteiger partial charge in [0.1, 0.15) is 5.75 Å². The molecular weight excluding hydrogens is 365 g/mol. The SMILES string of the molecule is CC(Oc1ccc(Cl)cc1Cl)C(=O)n1cc(C(=O)O)c2ccccc21. The molecule has 1 heterocycles. The molecule has 1 unspecified atom stereocenters. The van der Waals surface area contributed by atoms with Gasteiger partial charge in [0.05, 0.1) is 16.1 Å². The molecule has 1 atom stereocenters. The van der Waals surface area contributed by atoms with E-state index in [4.69, 9.17) is 27.9 Å². The van der Waals surface area contributed by atoms with Crippen LogP contribution >= 0.6 is 23.2 Å². The number of carbonyl (C=O) groups excluding carboxylic acids is 1. The number of ether oxygens (including phenoxy) is 1. The smallest absolute Gasteiger partial charge is 0.337 e. The highest BCUT2D eigenvalue weighted by Gasteiger charge is 2.23. The van der Waals surface area contributed by atoms with E-state index in [9.17, 15) is 14.7 Å². The summed E-state index contributed by atoms with van der Waals surface area (Å²) in [5, 5.41) is 10.6. The van der Waals surface area contributed by atoms with Crippen molar-refractivity contribution in [3.63, 3.8) is 0 Å². The number of fused-ring (bicyclic) bond motifs is 1. The number of hydrogen-bond acceptors (Lipinski definition) is 3. The van der Waals surface area contributed by atoms with Crippen LogP contribution in [0.3, 0.4) is 0 Å². The molecule has 3 aromatic rings. The molecular formula is C18H13Cl2NO4. The second-order valence-electron chi connectivity index (χ2n) is 5.41. The Morgan fingerprint density at radius 2 is 1.88 bits per heavy atom. The Hall–Kier alpha value is -2.50. The predicted molar refractivity (Wildman–Crippen MR) is 96.1 cm³/mol. The quantitative estimate of drug-likeness (QED) is 0.711. The third-order valence-electron chi connectivity index (χ3n) is 3.73. The molecule has 5 nitrogen and oxygen atoms in total. The van der Waals surface area contributed by atoms with Gasteiger partial charge in [-0.05, 0) is 31.2 Å². The van der Waals surface area contributed by atoms with Crippen LogP contribution in [0.1, 0.15) is 22.1 Å². The zero-order chi connectivity index (χ0) is 18.1. The first kappa shape index (κ1) is 17.3. The molecule has 0 aliphatic carbocycles. The lowest BCUT2D eigenvalue weighted by Gasteiger charge is -2.15. The number of carboxylic acid groups (broad SMARTS) is 1. The van der Waals surface area contributed by atoms with E-state index in [2.05, 4.69) is 0 Å². The normalized spacial score (nSPS) is 12.1. The number of benzene rings is 2. The zero-order valence-electron chi connectivity index (χ0n) is 13.1. The van der Waals surface area contributed by atoms with Crippen molar-refractivity contribution in [3.05, 3.63) is 64.3 Å². The van der Waals surface area contributed by atoms with E-state index in [0.717, 1.165) is 0 Å². The maximum Gasteiger partial charge on any atom is 0.337 e. The molecule has 0 saturated heterocycles. The van der Waals surface area contributed by atoms with Crippen molar-refractivity contribution in [1.29, 1.82) is 0 Å². The van der Waals surface area contributed by atoms with Gasteiger partial charge in [-0.15, -0.1) is 0 Å². The van der Waals surface area contributed by atoms with Crippen molar-refractivity contribution in [2.24, 2.45) is 0 Å². The summed E-state index contributed by atoms with van der Waals surface area (Å²) in [4.78, 5) is 24.2. The Bertz CT molecular complexity index is 980. The summed E-state index contributed by atoms with van der Waals surface area (Å²) in [6, 6.07) is 11.5. The first-order valence-corrected chi connectivity index (χ1v) is 8.13. The molecule has 0 amide bonds. The zero-order valence-corrected chi connectivity index (χ0v) is 14.6. The minimum absolute atomic E-state index is 0.0562. The lowest BCUT2D eigenvalue weighted by atomic mass is 10.2. The van der Waals surface area contributed by atoms with E-state index < -0.39 is 18.0 Å². The van der Waals surface area contributed by atoms with Gasteiger partial charge in [0, 0.05) is 16.6 Å². The molecule has 0 saturated carbocycles. The number of aromatic carboxylic acids is 1. The monoisotopic (exact) mass is 377 g/mol. The Labute approximate surface area is 153 Å². The van der Waals surface area contributed by atoms with E-state index in [1.807, 2.05) is 0 Å². The van der Waals surface area contributed by atoms with Crippen molar-refractivity contribution < 1.29 is 19.4 Å². The van der Waals surface area contributed by atoms with E-state index in [1.54, 1.807) is 43.3 Å². The van der Waals surface area contributed by atoms with Crippen molar-refractivity contribution in [1.82, 2.24) is 4.57 Å². The Balaban J connectivity index is 1.95. The van der Waals surface area contributed by atoms with Gasteiger partial charge in [0.2, 0.25) is 0 Å². The lowest BCUT2D eigenvalue weighted by Crippen LogP contribution is -2.28. The predicted octanol–water partition coefficient (Wildman–Crippen LogP) is 4.75. The second kappa shape index (κ2) is 6.78. The number of rotatable bonds is 4. The van der Waals surface area contributed by atoms with Gasteiger partial charge in [-0.25, -0.2) is 4.79 Å². The van der Waals surface area contributed by atoms with Crippen LogP contribution in [0, 0.1) is 0 Å². The number of hydrogen-bond donors (Lipinski definition) is 1. The first-order chi connectivity index (χ1) is 11.9. The van der Waals surface area contributed by atoms with Gasteiger partial charge in [-0.1, -0.05) is 41.4 Å². The largest absolute Gasteiger partial charge is 0.479 e. The maximum atomic E-state index is 12.8. The van der Waals surface area contributed by atoms with Gasteiger partial charge < -0.3 is 9.84 Å². The van der Waals surface area contributed by atoms with Gasteiger partial charge in [0.25, 0.3) is 5.91 Å². The molecule has 0 fully saturated rings. The Morgan fingerprint density at radius 1 is 1.16 bits per heavy atom. The molecule has 0 radical (unpaired) electrons. The van der Waals surface area contributed by atoms with Crippen molar-refractivity contribution in [3.8, 4) is 5.75 Å². The molecule has 0 bridgehead atoms. The van der Waals surface area contributed by atoms with Crippen molar-refractivity contribution >= 4 is 46.0 Å². The van der Waals surface area contributed by atoms with Crippen LogP contribution in [0.15, 0.2) is 48.7 Å². The van der Waals surface area contributed by atoms with Gasteiger partial charge >= 0.3 is 5.97 Å². The molecule has 0 aliphatic rings. The van der Waals surface area contributed by atoms with E-state index in [0.29, 0.717) is 21.7 Å². The van der Waals surface area contributed by atoms with Crippen LogP contribution in [0.25, 0.3) is 10.9 Å². The second-order valence-corrected chi connectivity index (χ2v) is 6.25. The highest BCUT2D eigenvalue weighted by Crippen LogP contribution is 2.29. The molecule has 1 N–H and O–H groups in total. The van der Waals surface area contributed by atoms with Crippen LogP contribution in [0.5, 0.6) is 5.75 Å². The van der Waals surface area contributed by atoms with E-state index >= 15 is 0 Å². The number of nitrogens with zero attached hydrogens (tertiary/aromatic N) is 1. The highest BCUT2D eigenvalue weighted by molar-refractivity contribution is 6.35. The van der Waals surface area contributed by atoms with Gasteiger partial charge in [-0.2, -0.15) is 0 Å². The molecule has 1 aromatic heterocycles. The highest BCUT2D eigenvalue weighted by atomic mass is 35.5. The number of aromatic nitrogens is 1. The fourth-order valence-electron chi connectivity index (χ4n) is 2.54. The maximum absolute atomic E-state index is 12.8. The van der Waals surface area contributed by atoms with Gasteiger partial charge in [-0.3, -0.25) is 9.36 Å². The molecule has 3 rings (SSSR count). The molecule has 2 aromatic carbocycles. The van der Waals surface area contributed by atoms with E-state index in [1.165, 1.54) is 16.8 Å². The Morgan fingerprint density at radius 3 is 2.56 bits per heavy atom. The third-order valence-corrected chi connectivity index (χ3v) is 4.26.